The van der Waals surface area contributed by atoms with E-state index in [0.29, 0.717) is 25.7 Å². The van der Waals surface area contributed by atoms with Gasteiger partial charge < -0.3 is 69.6 Å². The van der Waals surface area contributed by atoms with Crippen LogP contribution in [-0.2, 0) is 23.7 Å². The molecule has 3 aliphatic heterocycles. The summed E-state index contributed by atoms with van der Waals surface area (Å²) in [5.41, 5.74) is -3.16. The van der Waals surface area contributed by atoms with E-state index in [2.05, 4.69) is 34.6 Å². The molecule has 9 N–H and O–H groups in total. The van der Waals surface area contributed by atoms with Gasteiger partial charge >= 0.3 is 0 Å². The number of aliphatic hydroxyl groups excluding tert-OH is 8. The van der Waals surface area contributed by atoms with Crippen molar-refractivity contribution in [2.75, 3.05) is 13.2 Å². The highest BCUT2D eigenvalue weighted by Crippen LogP contribution is 2.89. The SMILES string of the molecule is CC(C)(O)[C@@H]1CC[C@](C)([C@H]2[C@@H](O)C[C@@]3(C)C4C[C@H](O[C@@H]5O[C@H](CO)[C@@H](O)[C@H](O)[C@H]5O)C5C(C)(C)[C@@H](O[C@@H]6OC[C@@H](O)[C@H](O)[C@H]6O)CC[C@@]56C[C@@]46CC[C@]23C)O1. The fraction of sp³-hybridized carbons (Fsp3) is 1.00. The Kier molecular flexibility index (Phi) is 9.90. The first-order valence-electron chi connectivity index (χ1n) is 20.9. The third kappa shape index (κ3) is 5.70. The van der Waals surface area contributed by atoms with Crippen LogP contribution in [0.15, 0.2) is 0 Å². The van der Waals surface area contributed by atoms with E-state index in [1.165, 1.54) is 0 Å². The number of fused-ring (bicyclic) bond motifs is 2. The van der Waals surface area contributed by atoms with Gasteiger partial charge in [-0.25, -0.2) is 0 Å². The van der Waals surface area contributed by atoms with E-state index in [9.17, 15) is 46.0 Å². The van der Waals surface area contributed by atoms with Crippen molar-refractivity contribution in [1.29, 1.82) is 0 Å². The standard InChI is InChI=1S/C41H68O14/c1-35(2)24(54-33-29(48)26(45)20(44)17-51-33)9-11-41-18-40(41)13-12-37(5)31(39(7)10-8-25(55-39)36(3,4)50)19(43)15-38(37,6)23(40)14-21(32(35)41)52-34-30(49)28(47)27(46)22(16-42)53-34/h19-34,42-50H,8-18H2,1-7H3/t19-,20+,21-,22+,23?,24-,25-,26-,27+,28-,29+,30+,31-,32?,33-,34+,37+,38-,39+,40-,41+/m0/s1. The highest BCUT2D eigenvalue weighted by Gasteiger charge is 2.85. The lowest BCUT2D eigenvalue weighted by molar-refractivity contribution is -0.339. The molecule has 0 bridgehead atoms. The molecule has 2 unspecified atom stereocenters. The van der Waals surface area contributed by atoms with E-state index in [1.807, 2.05) is 0 Å². The van der Waals surface area contributed by atoms with Crippen LogP contribution in [0.5, 0.6) is 0 Å². The summed E-state index contributed by atoms with van der Waals surface area (Å²) in [7, 11) is 0. The van der Waals surface area contributed by atoms with Gasteiger partial charge in [0.25, 0.3) is 0 Å². The van der Waals surface area contributed by atoms with Gasteiger partial charge in [-0.2, -0.15) is 0 Å². The van der Waals surface area contributed by atoms with Crippen molar-refractivity contribution in [3.8, 4) is 0 Å². The van der Waals surface area contributed by atoms with Crippen LogP contribution in [-0.4, -0.2) is 150 Å². The predicted octanol–water partition coefficient (Wildman–Crippen LogP) is 0.724. The molecule has 21 atom stereocenters. The second-order valence-electron chi connectivity index (χ2n) is 21.1. The molecule has 0 radical (unpaired) electrons. The topological polar surface area (TPSA) is 228 Å². The van der Waals surface area contributed by atoms with Crippen LogP contribution in [0.25, 0.3) is 0 Å². The average molecular weight is 785 g/mol. The van der Waals surface area contributed by atoms with Crippen LogP contribution < -0.4 is 0 Å². The van der Waals surface area contributed by atoms with Gasteiger partial charge in [0.1, 0.15) is 42.7 Å². The molecule has 0 aromatic heterocycles. The largest absolute Gasteiger partial charge is 0.394 e. The minimum absolute atomic E-state index is 0.0633. The van der Waals surface area contributed by atoms with Crippen LogP contribution in [0.2, 0.25) is 0 Å². The lowest BCUT2D eigenvalue weighted by Crippen LogP contribution is -2.65. The first kappa shape index (κ1) is 41.2. The van der Waals surface area contributed by atoms with Crippen molar-refractivity contribution in [1.82, 2.24) is 0 Å². The Balaban J connectivity index is 1.15. The summed E-state index contributed by atoms with van der Waals surface area (Å²) in [6.45, 7) is 13.8. The molecule has 8 fully saturated rings. The van der Waals surface area contributed by atoms with Gasteiger partial charge in [0, 0.05) is 5.92 Å². The quantitative estimate of drug-likeness (QED) is 0.162. The van der Waals surface area contributed by atoms with E-state index in [4.69, 9.17) is 23.7 Å². The van der Waals surface area contributed by atoms with Gasteiger partial charge in [0.05, 0.1) is 48.8 Å². The zero-order chi connectivity index (χ0) is 40.1. The van der Waals surface area contributed by atoms with Crippen LogP contribution in [0.4, 0.5) is 0 Å². The van der Waals surface area contributed by atoms with E-state index in [-0.39, 0.29) is 52.1 Å². The number of hydrogen-bond acceptors (Lipinski definition) is 14. The normalized spacial score (nSPS) is 58.7. The molecular weight excluding hydrogens is 716 g/mol. The Labute approximate surface area is 324 Å². The van der Waals surface area contributed by atoms with E-state index < -0.39 is 96.8 Å². The summed E-state index contributed by atoms with van der Waals surface area (Å²) in [5, 5.41) is 97.2. The van der Waals surface area contributed by atoms with Crippen molar-refractivity contribution in [3.63, 3.8) is 0 Å². The molecule has 3 heterocycles. The summed E-state index contributed by atoms with van der Waals surface area (Å²) in [6.07, 6.45) is -7.48. The Morgan fingerprint density at radius 1 is 0.709 bits per heavy atom. The molecule has 0 aromatic carbocycles. The van der Waals surface area contributed by atoms with Gasteiger partial charge in [0.15, 0.2) is 12.6 Å². The maximum Gasteiger partial charge on any atom is 0.186 e. The highest BCUT2D eigenvalue weighted by molar-refractivity contribution is 5.33. The molecule has 55 heavy (non-hydrogen) atoms. The van der Waals surface area contributed by atoms with Crippen molar-refractivity contribution in [2.24, 2.45) is 44.8 Å². The molecule has 8 aliphatic rings. The lowest BCUT2D eigenvalue weighted by Gasteiger charge is -2.65. The summed E-state index contributed by atoms with van der Waals surface area (Å²) in [6, 6.07) is 0. The van der Waals surface area contributed by atoms with E-state index >= 15 is 0 Å². The molecule has 5 saturated carbocycles. The third-order valence-electron chi connectivity index (χ3n) is 17.6. The first-order chi connectivity index (χ1) is 25.5. The van der Waals surface area contributed by atoms with Gasteiger partial charge in [0.2, 0.25) is 0 Å². The van der Waals surface area contributed by atoms with E-state index in [0.717, 1.165) is 32.1 Å². The van der Waals surface area contributed by atoms with Crippen LogP contribution in [0.1, 0.15) is 106 Å². The minimum Gasteiger partial charge on any atom is -0.394 e. The Morgan fingerprint density at radius 2 is 1.40 bits per heavy atom. The Morgan fingerprint density at radius 3 is 2.05 bits per heavy atom. The van der Waals surface area contributed by atoms with Crippen LogP contribution >= 0.6 is 0 Å². The van der Waals surface area contributed by atoms with Crippen molar-refractivity contribution in [2.45, 2.75) is 197 Å². The summed E-state index contributed by atoms with van der Waals surface area (Å²) in [4.78, 5) is 0. The molecule has 14 nitrogen and oxygen atoms in total. The Bertz CT molecular complexity index is 1460. The summed E-state index contributed by atoms with van der Waals surface area (Å²) < 4.78 is 31.9. The molecule has 2 spiro atoms. The Hall–Kier alpha value is -0.560. The summed E-state index contributed by atoms with van der Waals surface area (Å²) in [5.74, 6) is -0.215. The van der Waals surface area contributed by atoms with Gasteiger partial charge in [-0.3, -0.25) is 0 Å². The number of aliphatic hydroxyl groups is 9. The monoisotopic (exact) mass is 784 g/mol. The zero-order valence-corrected chi connectivity index (χ0v) is 33.6. The molecular formula is C41H68O14. The smallest absolute Gasteiger partial charge is 0.186 e. The number of hydrogen-bond donors (Lipinski definition) is 9. The molecule has 316 valence electrons. The molecule has 5 aliphatic carbocycles. The highest BCUT2D eigenvalue weighted by atomic mass is 16.7. The van der Waals surface area contributed by atoms with Gasteiger partial charge in [-0.1, -0.05) is 27.7 Å². The average Bonchev–Trinajstić information content (AvgIpc) is 3.47. The predicted molar refractivity (Wildman–Crippen MR) is 194 cm³/mol. The molecule has 14 heteroatoms. The van der Waals surface area contributed by atoms with Crippen molar-refractivity contribution < 1.29 is 69.6 Å². The number of ether oxygens (including phenoxy) is 5. The number of rotatable bonds is 7. The molecule has 8 rings (SSSR count). The molecule has 3 saturated heterocycles. The van der Waals surface area contributed by atoms with Gasteiger partial charge in [-0.05, 0) is 117 Å². The van der Waals surface area contributed by atoms with Crippen molar-refractivity contribution >= 4 is 0 Å². The fourth-order valence-corrected chi connectivity index (χ4v) is 14.9. The third-order valence-corrected chi connectivity index (χ3v) is 17.6. The van der Waals surface area contributed by atoms with Crippen molar-refractivity contribution in [3.05, 3.63) is 0 Å². The minimum atomic E-state index is -1.60. The maximum absolute atomic E-state index is 12.2. The second kappa shape index (κ2) is 13.2. The summed E-state index contributed by atoms with van der Waals surface area (Å²) >= 11 is 0. The van der Waals surface area contributed by atoms with Crippen LogP contribution in [0.3, 0.4) is 0 Å². The second-order valence-corrected chi connectivity index (χ2v) is 21.1. The molecule has 0 amide bonds. The van der Waals surface area contributed by atoms with Gasteiger partial charge in [-0.15, -0.1) is 0 Å². The maximum atomic E-state index is 12.2. The fourth-order valence-electron chi connectivity index (χ4n) is 14.9. The van der Waals surface area contributed by atoms with E-state index in [1.54, 1.807) is 13.8 Å². The zero-order valence-electron chi connectivity index (χ0n) is 33.6. The lowest BCUT2D eigenvalue weighted by atomic mass is 9.41. The van der Waals surface area contributed by atoms with Crippen LogP contribution in [0, 0.1) is 44.8 Å². The molecule has 0 aromatic rings. The first-order valence-corrected chi connectivity index (χ1v) is 20.9.